The molecule has 2 atom stereocenters. The molecule has 0 bridgehead atoms. The van der Waals surface area contributed by atoms with E-state index in [-0.39, 0.29) is 12.7 Å². The van der Waals surface area contributed by atoms with Crippen LogP contribution in [0.5, 0.6) is 0 Å². The Morgan fingerprint density at radius 1 is 1.36 bits per heavy atom. The predicted molar refractivity (Wildman–Crippen MR) is 46.6 cm³/mol. The Labute approximate surface area is 69.6 Å². The molecule has 0 heterocycles. The largest absolute Gasteiger partial charge is 0.396 e. The van der Waals surface area contributed by atoms with E-state index in [9.17, 15) is 0 Å². The molecule has 0 rings (SSSR count). The van der Waals surface area contributed by atoms with E-state index < -0.39 is 0 Å². The molecule has 0 radical (unpaired) electrons. The molecule has 0 aliphatic carbocycles. The van der Waals surface area contributed by atoms with Gasteiger partial charge in [0.2, 0.25) is 0 Å². The first-order chi connectivity index (χ1) is 5.29. The SMILES string of the molecule is CCCC(OC)C(CC)CO. The quantitative estimate of drug-likeness (QED) is 0.642. The summed E-state index contributed by atoms with van der Waals surface area (Å²) in [6.45, 7) is 4.47. The standard InChI is InChI=1S/C9H20O2/c1-4-6-9(11-3)8(5-2)7-10/h8-10H,4-7H2,1-3H3. The first kappa shape index (κ1) is 10.9. The Balaban J connectivity index is 3.76. The molecular weight excluding hydrogens is 140 g/mol. The molecule has 11 heavy (non-hydrogen) atoms. The molecule has 0 saturated heterocycles. The predicted octanol–water partition coefficient (Wildman–Crippen LogP) is 1.82. The normalized spacial score (nSPS) is 16.4. The van der Waals surface area contributed by atoms with Crippen molar-refractivity contribution >= 4 is 0 Å². The minimum Gasteiger partial charge on any atom is -0.396 e. The fraction of sp³-hybridized carbons (Fsp3) is 1.00. The smallest absolute Gasteiger partial charge is 0.0621 e. The zero-order chi connectivity index (χ0) is 8.69. The third-order valence-corrected chi connectivity index (χ3v) is 2.16. The van der Waals surface area contributed by atoms with Crippen molar-refractivity contribution in [1.29, 1.82) is 0 Å². The van der Waals surface area contributed by atoms with Gasteiger partial charge < -0.3 is 9.84 Å². The summed E-state index contributed by atoms with van der Waals surface area (Å²) in [6.07, 6.45) is 3.41. The van der Waals surface area contributed by atoms with Gasteiger partial charge in [-0.05, 0) is 12.8 Å². The maximum atomic E-state index is 8.97. The lowest BCUT2D eigenvalue weighted by molar-refractivity contribution is 0.0187. The molecule has 2 heteroatoms. The molecule has 2 nitrogen and oxygen atoms in total. The van der Waals surface area contributed by atoms with Crippen LogP contribution in [0.1, 0.15) is 33.1 Å². The maximum Gasteiger partial charge on any atom is 0.0621 e. The van der Waals surface area contributed by atoms with Crippen molar-refractivity contribution in [2.45, 2.75) is 39.2 Å². The Kier molecular flexibility index (Phi) is 6.57. The van der Waals surface area contributed by atoms with Crippen molar-refractivity contribution in [1.82, 2.24) is 0 Å². The Morgan fingerprint density at radius 3 is 2.27 bits per heavy atom. The maximum absolute atomic E-state index is 8.97. The summed E-state index contributed by atoms with van der Waals surface area (Å²) in [6, 6.07) is 0. The highest BCUT2D eigenvalue weighted by Gasteiger charge is 2.17. The molecule has 0 fully saturated rings. The highest BCUT2D eigenvalue weighted by Crippen LogP contribution is 2.15. The van der Waals surface area contributed by atoms with Crippen LogP contribution in [0.15, 0.2) is 0 Å². The zero-order valence-electron chi connectivity index (χ0n) is 7.84. The first-order valence-corrected chi connectivity index (χ1v) is 4.43. The monoisotopic (exact) mass is 160 g/mol. The van der Waals surface area contributed by atoms with Crippen molar-refractivity contribution < 1.29 is 9.84 Å². The van der Waals surface area contributed by atoms with Crippen LogP contribution in [0, 0.1) is 5.92 Å². The summed E-state index contributed by atoms with van der Waals surface area (Å²) in [4.78, 5) is 0. The summed E-state index contributed by atoms with van der Waals surface area (Å²) in [5, 5.41) is 8.97. The van der Waals surface area contributed by atoms with Crippen LogP contribution in [-0.2, 0) is 4.74 Å². The van der Waals surface area contributed by atoms with Crippen molar-refractivity contribution in [2.75, 3.05) is 13.7 Å². The first-order valence-electron chi connectivity index (χ1n) is 4.43. The fourth-order valence-corrected chi connectivity index (χ4v) is 1.34. The van der Waals surface area contributed by atoms with Crippen LogP contribution >= 0.6 is 0 Å². The number of methoxy groups -OCH3 is 1. The molecule has 0 amide bonds. The van der Waals surface area contributed by atoms with Gasteiger partial charge in [-0.25, -0.2) is 0 Å². The van der Waals surface area contributed by atoms with Gasteiger partial charge in [0.25, 0.3) is 0 Å². The molecule has 0 aromatic heterocycles. The minimum atomic E-state index is 0.245. The Morgan fingerprint density at radius 2 is 2.00 bits per heavy atom. The molecule has 68 valence electrons. The van der Waals surface area contributed by atoms with E-state index in [2.05, 4.69) is 13.8 Å². The number of aliphatic hydroxyl groups is 1. The van der Waals surface area contributed by atoms with E-state index >= 15 is 0 Å². The average molecular weight is 160 g/mol. The van der Waals surface area contributed by atoms with Gasteiger partial charge in [0.15, 0.2) is 0 Å². The summed E-state index contributed by atoms with van der Waals surface area (Å²) in [5.41, 5.74) is 0. The number of aliphatic hydroxyl groups excluding tert-OH is 1. The van der Waals surface area contributed by atoms with Crippen LogP contribution in [-0.4, -0.2) is 24.9 Å². The zero-order valence-corrected chi connectivity index (χ0v) is 7.84. The third-order valence-electron chi connectivity index (χ3n) is 2.16. The molecule has 0 aromatic rings. The number of hydrogen-bond donors (Lipinski definition) is 1. The van der Waals surface area contributed by atoms with Gasteiger partial charge in [-0.15, -0.1) is 0 Å². The lowest BCUT2D eigenvalue weighted by Crippen LogP contribution is -2.25. The lowest BCUT2D eigenvalue weighted by atomic mass is 9.97. The van der Waals surface area contributed by atoms with Crippen LogP contribution in [0.25, 0.3) is 0 Å². The number of ether oxygens (including phenoxy) is 1. The van der Waals surface area contributed by atoms with Gasteiger partial charge in [-0.3, -0.25) is 0 Å². The van der Waals surface area contributed by atoms with E-state index in [0.29, 0.717) is 5.92 Å². The van der Waals surface area contributed by atoms with Gasteiger partial charge in [0.05, 0.1) is 6.10 Å². The van der Waals surface area contributed by atoms with Gasteiger partial charge in [-0.2, -0.15) is 0 Å². The van der Waals surface area contributed by atoms with Gasteiger partial charge in [0.1, 0.15) is 0 Å². The summed E-state index contributed by atoms with van der Waals surface area (Å²) in [5.74, 6) is 0.319. The highest BCUT2D eigenvalue weighted by atomic mass is 16.5. The minimum absolute atomic E-state index is 0.245. The van der Waals surface area contributed by atoms with Crippen molar-refractivity contribution in [3.8, 4) is 0 Å². The fourth-order valence-electron chi connectivity index (χ4n) is 1.34. The second-order valence-corrected chi connectivity index (χ2v) is 2.91. The molecule has 2 unspecified atom stereocenters. The molecule has 0 saturated carbocycles. The van der Waals surface area contributed by atoms with Crippen molar-refractivity contribution in [2.24, 2.45) is 5.92 Å². The summed E-state index contributed by atoms with van der Waals surface area (Å²) in [7, 11) is 1.72. The molecular formula is C9H20O2. The Hall–Kier alpha value is -0.0800. The van der Waals surface area contributed by atoms with E-state index in [0.717, 1.165) is 19.3 Å². The second kappa shape index (κ2) is 6.62. The van der Waals surface area contributed by atoms with E-state index in [1.165, 1.54) is 0 Å². The topological polar surface area (TPSA) is 29.5 Å². The lowest BCUT2D eigenvalue weighted by Gasteiger charge is -2.22. The van der Waals surface area contributed by atoms with E-state index in [1.54, 1.807) is 7.11 Å². The molecule has 0 spiro atoms. The van der Waals surface area contributed by atoms with Crippen LogP contribution in [0.4, 0.5) is 0 Å². The van der Waals surface area contributed by atoms with Gasteiger partial charge >= 0.3 is 0 Å². The number of hydrogen-bond acceptors (Lipinski definition) is 2. The van der Waals surface area contributed by atoms with E-state index in [1.807, 2.05) is 0 Å². The summed E-state index contributed by atoms with van der Waals surface area (Å²) < 4.78 is 5.27. The summed E-state index contributed by atoms with van der Waals surface area (Å²) >= 11 is 0. The second-order valence-electron chi connectivity index (χ2n) is 2.91. The third kappa shape index (κ3) is 3.73. The van der Waals surface area contributed by atoms with Gasteiger partial charge in [-0.1, -0.05) is 20.3 Å². The Bertz CT molecular complexity index is 79.6. The van der Waals surface area contributed by atoms with Crippen LogP contribution in [0.3, 0.4) is 0 Å². The molecule has 0 aliphatic rings. The number of rotatable bonds is 6. The van der Waals surface area contributed by atoms with Crippen LogP contribution < -0.4 is 0 Å². The average Bonchev–Trinajstić information content (AvgIpc) is 2.05. The van der Waals surface area contributed by atoms with Crippen molar-refractivity contribution in [3.63, 3.8) is 0 Å². The van der Waals surface area contributed by atoms with Crippen LogP contribution in [0.2, 0.25) is 0 Å². The molecule has 0 aliphatic heterocycles. The van der Waals surface area contributed by atoms with Gasteiger partial charge in [0, 0.05) is 19.6 Å². The highest BCUT2D eigenvalue weighted by molar-refractivity contribution is 4.67. The molecule has 1 N–H and O–H groups in total. The molecule has 0 aromatic carbocycles. The van der Waals surface area contributed by atoms with Crippen molar-refractivity contribution in [3.05, 3.63) is 0 Å². The van der Waals surface area contributed by atoms with E-state index in [4.69, 9.17) is 9.84 Å².